The third-order valence-corrected chi connectivity index (χ3v) is 4.38. The van der Waals surface area contributed by atoms with Crippen LogP contribution < -0.4 is 0 Å². The fourth-order valence-electron chi connectivity index (χ4n) is 1.46. The van der Waals surface area contributed by atoms with E-state index in [4.69, 9.17) is 16.9 Å². The van der Waals surface area contributed by atoms with Crippen LogP contribution in [-0.4, -0.2) is 25.8 Å². The zero-order valence-electron chi connectivity index (χ0n) is 10.6. The van der Waals surface area contributed by atoms with Crippen molar-refractivity contribution in [2.75, 3.05) is 13.1 Å². The topological polar surface area (TPSA) is 61.2 Å². The molecule has 0 saturated heterocycles. The lowest BCUT2D eigenvalue weighted by Crippen LogP contribution is -2.29. The van der Waals surface area contributed by atoms with Gasteiger partial charge in [-0.15, -0.1) is 0 Å². The molecule has 0 amide bonds. The summed E-state index contributed by atoms with van der Waals surface area (Å²) in [5.74, 6) is 0. The van der Waals surface area contributed by atoms with Gasteiger partial charge in [0, 0.05) is 29.9 Å². The van der Waals surface area contributed by atoms with Gasteiger partial charge in [0.1, 0.15) is 0 Å². The van der Waals surface area contributed by atoms with Crippen LogP contribution in [-0.2, 0) is 10.0 Å². The second-order valence-electron chi connectivity index (χ2n) is 3.80. The number of nitrogens with zero attached hydrogens (tertiary/aromatic N) is 2. The average molecular weight is 299 g/mol. The van der Waals surface area contributed by atoms with Crippen LogP contribution >= 0.6 is 11.6 Å². The average Bonchev–Trinajstić information content (AvgIpc) is 2.39. The van der Waals surface area contributed by atoms with Gasteiger partial charge >= 0.3 is 0 Å². The zero-order chi connectivity index (χ0) is 14.3. The van der Waals surface area contributed by atoms with Gasteiger partial charge in [-0.3, -0.25) is 0 Å². The number of hydrogen-bond acceptors (Lipinski definition) is 3. The van der Waals surface area contributed by atoms with Crippen molar-refractivity contribution in [1.82, 2.24) is 4.31 Å². The molecule has 0 atom stereocenters. The Morgan fingerprint density at radius 3 is 2.53 bits per heavy atom. The van der Waals surface area contributed by atoms with Crippen LogP contribution in [0.3, 0.4) is 0 Å². The first kappa shape index (κ1) is 15.7. The SMILES string of the molecule is CCN(CCC#N)S(=O)(=O)C=Cc1ccc(Cl)cc1. The lowest BCUT2D eigenvalue weighted by Gasteiger charge is -2.16. The van der Waals surface area contributed by atoms with Gasteiger partial charge in [-0.25, -0.2) is 8.42 Å². The van der Waals surface area contributed by atoms with Crippen LogP contribution in [0.1, 0.15) is 18.9 Å². The monoisotopic (exact) mass is 298 g/mol. The molecule has 1 aromatic rings. The molecule has 0 aromatic heterocycles. The molecule has 0 heterocycles. The molecule has 19 heavy (non-hydrogen) atoms. The summed E-state index contributed by atoms with van der Waals surface area (Å²) in [6, 6.07) is 8.80. The van der Waals surface area contributed by atoms with Crippen LogP contribution in [0.2, 0.25) is 5.02 Å². The Bertz CT molecular complexity index is 574. The van der Waals surface area contributed by atoms with Crippen LogP contribution in [0.5, 0.6) is 0 Å². The number of hydrogen-bond donors (Lipinski definition) is 0. The molecule has 4 nitrogen and oxygen atoms in total. The number of sulfonamides is 1. The van der Waals surface area contributed by atoms with Crippen molar-refractivity contribution in [2.45, 2.75) is 13.3 Å². The summed E-state index contributed by atoms with van der Waals surface area (Å²) < 4.78 is 25.3. The highest BCUT2D eigenvalue weighted by atomic mass is 35.5. The lowest BCUT2D eigenvalue weighted by molar-refractivity contribution is 0.442. The third-order valence-electron chi connectivity index (χ3n) is 2.49. The van der Waals surface area contributed by atoms with Gasteiger partial charge in [0.05, 0.1) is 6.07 Å². The Hall–Kier alpha value is -1.35. The minimum Gasteiger partial charge on any atom is -0.208 e. The number of halogens is 1. The van der Waals surface area contributed by atoms with E-state index in [1.54, 1.807) is 31.2 Å². The Morgan fingerprint density at radius 1 is 1.37 bits per heavy atom. The summed E-state index contributed by atoms with van der Waals surface area (Å²) in [6.07, 6.45) is 1.70. The highest BCUT2D eigenvalue weighted by Crippen LogP contribution is 2.12. The van der Waals surface area contributed by atoms with Crippen molar-refractivity contribution in [2.24, 2.45) is 0 Å². The zero-order valence-corrected chi connectivity index (χ0v) is 12.2. The number of rotatable bonds is 6. The molecule has 6 heteroatoms. The highest BCUT2D eigenvalue weighted by molar-refractivity contribution is 7.92. The van der Waals surface area contributed by atoms with Crippen molar-refractivity contribution in [3.63, 3.8) is 0 Å². The van der Waals surface area contributed by atoms with E-state index in [1.165, 1.54) is 10.4 Å². The fraction of sp³-hybridized carbons (Fsp3) is 0.308. The Morgan fingerprint density at radius 2 is 2.00 bits per heavy atom. The summed E-state index contributed by atoms with van der Waals surface area (Å²) in [6.45, 7) is 2.29. The minimum atomic E-state index is -3.48. The van der Waals surface area contributed by atoms with Gasteiger partial charge in [-0.1, -0.05) is 30.7 Å². The van der Waals surface area contributed by atoms with Crippen molar-refractivity contribution < 1.29 is 8.42 Å². The maximum Gasteiger partial charge on any atom is 0.236 e. The van der Waals surface area contributed by atoms with Gasteiger partial charge < -0.3 is 0 Å². The summed E-state index contributed by atoms with van der Waals surface area (Å²) in [5, 5.41) is 10.3. The summed E-state index contributed by atoms with van der Waals surface area (Å²) in [5.41, 5.74) is 0.754. The Balaban J connectivity index is 2.83. The molecule has 0 fully saturated rings. The van der Waals surface area contributed by atoms with E-state index < -0.39 is 10.0 Å². The van der Waals surface area contributed by atoms with E-state index in [-0.39, 0.29) is 13.0 Å². The number of nitriles is 1. The minimum absolute atomic E-state index is 0.182. The molecule has 0 saturated carbocycles. The predicted octanol–water partition coefficient (Wildman–Crippen LogP) is 2.88. The highest BCUT2D eigenvalue weighted by Gasteiger charge is 2.16. The molecule has 0 N–H and O–H groups in total. The summed E-state index contributed by atoms with van der Waals surface area (Å²) in [4.78, 5) is 0. The van der Waals surface area contributed by atoms with E-state index in [0.717, 1.165) is 11.0 Å². The van der Waals surface area contributed by atoms with E-state index in [9.17, 15) is 8.42 Å². The second-order valence-corrected chi connectivity index (χ2v) is 6.05. The molecular formula is C13H15ClN2O2S. The smallest absolute Gasteiger partial charge is 0.208 e. The quantitative estimate of drug-likeness (QED) is 0.811. The Labute approximate surface area is 119 Å². The largest absolute Gasteiger partial charge is 0.236 e. The van der Waals surface area contributed by atoms with Gasteiger partial charge in [-0.2, -0.15) is 9.57 Å². The molecule has 1 rings (SSSR count). The van der Waals surface area contributed by atoms with Gasteiger partial charge in [0.2, 0.25) is 10.0 Å². The normalized spacial score (nSPS) is 11.9. The molecule has 1 aromatic carbocycles. The lowest BCUT2D eigenvalue weighted by atomic mass is 10.2. The molecule has 0 aliphatic carbocycles. The van der Waals surface area contributed by atoms with E-state index >= 15 is 0 Å². The van der Waals surface area contributed by atoms with Gasteiger partial charge in [-0.05, 0) is 23.8 Å². The molecule has 0 aliphatic heterocycles. The van der Waals surface area contributed by atoms with Crippen molar-refractivity contribution >= 4 is 27.7 Å². The molecule has 0 aliphatic rings. The molecule has 102 valence electrons. The number of benzene rings is 1. The molecule has 0 unspecified atom stereocenters. The second kappa shape index (κ2) is 7.29. The first-order valence-corrected chi connectivity index (χ1v) is 7.68. The molecular weight excluding hydrogens is 284 g/mol. The van der Waals surface area contributed by atoms with Crippen LogP contribution in [0.4, 0.5) is 0 Å². The first-order valence-electron chi connectivity index (χ1n) is 5.80. The molecule has 0 radical (unpaired) electrons. The van der Waals surface area contributed by atoms with E-state index in [0.29, 0.717) is 11.6 Å². The van der Waals surface area contributed by atoms with Crippen LogP contribution in [0.25, 0.3) is 6.08 Å². The van der Waals surface area contributed by atoms with E-state index in [1.807, 2.05) is 6.07 Å². The van der Waals surface area contributed by atoms with Crippen LogP contribution in [0, 0.1) is 11.3 Å². The van der Waals surface area contributed by atoms with Crippen LogP contribution in [0.15, 0.2) is 29.7 Å². The Kier molecular flexibility index (Phi) is 6.03. The third kappa shape index (κ3) is 5.03. The maximum atomic E-state index is 12.0. The standard InChI is InChI=1S/C13H15ClN2O2S/c1-2-16(10-3-9-15)19(17,18)11-8-12-4-6-13(14)7-5-12/h4-8,11H,2-3,10H2,1H3. The predicted molar refractivity (Wildman–Crippen MR) is 76.9 cm³/mol. The fourth-order valence-corrected chi connectivity index (χ4v) is 2.80. The first-order chi connectivity index (χ1) is 8.99. The van der Waals surface area contributed by atoms with Crippen molar-refractivity contribution in [3.05, 3.63) is 40.3 Å². The van der Waals surface area contributed by atoms with Gasteiger partial charge in [0.15, 0.2) is 0 Å². The van der Waals surface area contributed by atoms with Gasteiger partial charge in [0.25, 0.3) is 0 Å². The molecule has 0 bridgehead atoms. The maximum absolute atomic E-state index is 12.0. The summed E-state index contributed by atoms with van der Waals surface area (Å²) >= 11 is 5.75. The molecule has 0 spiro atoms. The van der Waals surface area contributed by atoms with Crippen molar-refractivity contribution in [1.29, 1.82) is 5.26 Å². The van der Waals surface area contributed by atoms with E-state index in [2.05, 4.69) is 0 Å². The summed E-state index contributed by atoms with van der Waals surface area (Å²) in [7, 11) is -3.48. The van der Waals surface area contributed by atoms with Crippen molar-refractivity contribution in [3.8, 4) is 6.07 Å².